The second-order valence-electron chi connectivity index (χ2n) is 4.12. The van der Waals surface area contributed by atoms with Gasteiger partial charge in [0.25, 0.3) is 0 Å². The fourth-order valence-corrected chi connectivity index (χ4v) is 2.09. The van der Waals surface area contributed by atoms with Gasteiger partial charge in [0.1, 0.15) is 0 Å². The van der Waals surface area contributed by atoms with E-state index < -0.39 is 0 Å². The number of benzene rings is 1. The first-order chi connectivity index (χ1) is 8.25. The third-order valence-corrected chi connectivity index (χ3v) is 2.93. The van der Waals surface area contributed by atoms with Crippen molar-refractivity contribution in [1.29, 1.82) is 0 Å². The molecule has 0 amide bonds. The quantitative estimate of drug-likeness (QED) is 0.689. The molecule has 2 heterocycles. The molecule has 17 heavy (non-hydrogen) atoms. The Morgan fingerprint density at radius 3 is 2.65 bits per heavy atom. The number of rotatable bonds is 1. The molecule has 0 fully saturated rings. The van der Waals surface area contributed by atoms with Gasteiger partial charge in [-0.3, -0.25) is 0 Å². The molecule has 0 spiro atoms. The molecule has 3 nitrogen and oxygen atoms in total. The summed E-state index contributed by atoms with van der Waals surface area (Å²) in [6.07, 6.45) is 1.98. The van der Waals surface area contributed by atoms with Crippen LogP contribution in [0.3, 0.4) is 0 Å². The van der Waals surface area contributed by atoms with E-state index in [-0.39, 0.29) is 0 Å². The molecule has 1 aromatic carbocycles. The predicted molar refractivity (Wildman–Crippen MR) is 70.6 cm³/mol. The van der Waals surface area contributed by atoms with Crippen molar-refractivity contribution in [3.63, 3.8) is 0 Å². The molecule has 3 rings (SSSR count). The average Bonchev–Trinajstić information content (AvgIpc) is 2.73. The topological polar surface area (TPSA) is 43.8 Å². The minimum atomic E-state index is 0.765. The van der Waals surface area contributed by atoms with Crippen molar-refractivity contribution < 1.29 is 0 Å². The van der Waals surface area contributed by atoms with Crippen LogP contribution >= 0.6 is 0 Å². The van der Waals surface area contributed by atoms with E-state index in [1.807, 2.05) is 60.3 Å². The summed E-state index contributed by atoms with van der Waals surface area (Å²) in [6.45, 7) is 0. The molecule has 0 unspecified atom stereocenters. The van der Waals surface area contributed by atoms with Crippen LogP contribution in [0.4, 0.5) is 5.69 Å². The van der Waals surface area contributed by atoms with Gasteiger partial charge in [0.05, 0.1) is 22.4 Å². The molecule has 84 valence electrons. The van der Waals surface area contributed by atoms with E-state index in [0.29, 0.717) is 0 Å². The van der Waals surface area contributed by atoms with E-state index in [2.05, 4.69) is 4.98 Å². The second-order valence-corrected chi connectivity index (χ2v) is 4.12. The van der Waals surface area contributed by atoms with Gasteiger partial charge in [-0.25, -0.2) is 4.98 Å². The van der Waals surface area contributed by atoms with E-state index in [4.69, 9.17) is 5.73 Å². The van der Waals surface area contributed by atoms with Crippen LogP contribution in [0.15, 0.2) is 48.7 Å². The summed E-state index contributed by atoms with van der Waals surface area (Å²) in [5, 5.41) is 0. The number of nitrogens with two attached hydrogens (primary N) is 1. The number of pyridine rings is 1. The van der Waals surface area contributed by atoms with Crippen molar-refractivity contribution in [2.45, 2.75) is 0 Å². The summed E-state index contributed by atoms with van der Waals surface area (Å²) in [7, 11) is 1.97. The van der Waals surface area contributed by atoms with Crippen LogP contribution in [0.5, 0.6) is 0 Å². The van der Waals surface area contributed by atoms with Crippen molar-refractivity contribution >= 4 is 16.7 Å². The van der Waals surface area contributed by atoms with Gasteiger partial charge < -0.3 is 10.3 Å². The average molecular weight is 223 g/mol. The lowest BCUT2D eigenvalue weighted by atomic mass is 10.1. The zero-order valence-corrected chi connectivity index (χ0v) is 9.59. The lowest BCUT2D eigenvalue weighted by Gasteiger charge is -2.05. The molecule has 0 aliphatic rings. The molecule has 0 aliphatic heterocycles. The predicted octanol–water partition coefficient (Wildman–Crippen LogP) is 2.82. The zero-order chi connectivity index (χ0) is 11.8. The number of aromatic nitrogens is 2. The summed E-state index contributed by atoms with van der Waals surface area (Å²) < 4.78 is 1.99. The number of fused-ring (bicyclic) bond motifs is 1. The van der Waals surface area contributed by atoms with Crippen molar-refractivity contribution in [3.05, 3.63) is 48.7 Å². The van der Waals surface area contributed by atoms with Crippen LogP contribution in [0, 0.1) is 0 Å². The molecule has 0 aliphatic carbocycles. The molecule has 0 bridgehead atoms. The van der Waals surface area contributed by atoms with Crippen molar-refractivity contribution in [2.75, 3.05) is 5.73 Å². The Labute approximate surface area is 99.5 Å². The maximum atomic E-state index is 6.08. The van der Waals surface area contributed by atoms with E-state index in [9.17, 15) is 0 Å². The number of anilines is 1. The van der Waals surface area contributed by atoms with Gasteiger partial charge in [0.2, 0.25) is 0 Å². The molecule has 0 saturated carbocycles. The Hall–Kier alpha value is -2.29. The second kappa shape index (κ2) is 3.63. The smallest absolute Gasteiger partial charge is 0.0909 e. The highest BCUT2D eigenvalue weighted by Gasteiger charge is 2.07. The highest BCUT2D eigenvalue weighted by Crippen LogP contribution is 2.26. The fourth-order valence-electron chi connectivity index (χ4n) is 2.09. The summed E-state index contributed by atoms with van der Waals surface area (Å²) in [4.78, 5) is 4.63. The van der Waals surface area contributed by atoms with E-state index in [0.717, 1.165) is 28.0 Å². The number of nitrogens with zero attached hydrogens (tertiary/aromatic N) is 2. The van der Waals surface area contributed by atoms with Crippen LogP contribution in [0.1, 0.15) is 0 Å². The minimum Gasteiger partial charge on any atom is -0.397 e. The van der Waals surface area contributed by atoms with Gasteiger partial charge in [0, 0.05) is 18.8 Å². The van der Waals surface area contributed by atoms with Crippen molar-refractivity contribution in [1.82, 2.24) is 9.55 Å². The number of hydrogen-bond donors (Lipinski definition) is 1. The van der Waals surface area contributed by atoms with Crippen LogP contribution in [0.2, 0.25) is 0 Å². The zero-order valence-electron chi connectivity index (χ0n) is 9.59. The van der Waals surface area contributed by atoms with E-state index in [1.54, 1.807) is 0 Å². The van der Waals surface area contributed by atoms with Crippen LogP contribution < -0.4 is 5.73 Å². The highest BCUT2D eigenvalue weighted by atomic mass is 15.0. The minimum absolute atomic E-state index is 0.765. The SMILES string of the molecule is Cn1ccc2nc(-c3ccccc3)cc(N)c21. The molecule has 0 saturated heterocycles. The van der Waals surface area contributed by atoms with Gasteiger partial charge in [-0.1, -0.05) is 30.3 Å². The number of nitrogen functional groups attached to an aromatic ring is 1. The van der Waals surface area contributed by atoms with Crippen LogP contribution in [-0.2, 0) is 7.05 Å². The molecule has 3 heteroatoms. The molecule has 3 aromatic rings. The van der Waals surface area contributed by atoms with E-state index >= 15 is 0 Å². The Kier molecular flexibility index (Phi) is 2.11. The Morgan fingerprint density at radius 1 is 1.12 bits per heavy atom. The van der Waals surface area contributed by atoms with Crippen molar-refractivity contribution in [2.24, 2.45) is 7.05 Å². The lowest BCUT2D eigenvalue weighted by molar-refractivity contribution is 0.970. The first kappa shape index (κ1) is 9.90. The molecular formula is C14H13N3. The van der Waals surface area contributed by atoms with Crippen molar-refractivity contribution in [3.8, 4) is 11.3 Å². The van der Waals surface area contributed by atoms with Crippen LogP contribution in [0.25, 0.3) is 22.3 Å². The Morgan fingerprint density at radius 2 is 1.88 bits per heavy atom. The third-order valence-electron chi connectivity index (χ3n) is 2.93. The molecular weight excluding hydrogens is 210 g/mol. The number of aryl methyl sites for hydroxylation is 1. The highest BCUT2D eigenvalue weighted by molar-refractivity contribution is 5.90. The standard InChI is InChI=1S/C14H13N3/c1-17-8-7-12-14(17)11(15)9-13(16-12)10-5-3-2-4-6-10/h2-9H,1H3,(H2,15,16). The maximum absolute atomic E-state index is 6.08. The third kappa shape index (κ3) is 1.56. The van der Waals surface area contributed by atoms with Gasteiger partial charge in [-0.05, 0) is 12.1 Å². The Bertz CT molecular complexity index is 669. The summed E-state index contributed by atoms with van der Waals surface area (Å²) in [6, 6.07) is 14.0. The van der Waals surface area contributed by atoms with Crippen LogP contribution in [-0.4, -0.2) is 9.55 Å². The molecule has 2 N–H and O–H groups in total. The Balaban J connectivity index is 2.26. The fraction of sp³-hybridized carbons (Fsp3) is 0.0714. The van der Waals surface area contributed by atoms with Gasteiger partial charge in [-0.2, -0.15) is 0 Å². The largest absolute Gasteiger partial charge is 0.397 e. The molecule has 0 atom stereocenters. The summed E-state index contributed by atoms with van der Waals surface area (Å²) in [5.74, 6) is 0. The lowest BCUT2D eigenvalue weighted by Crippen LogP contribution is -1.95. The summed E-state index contributed by atoms with van der Waals surface area (Å²) in [5.41, 5.74) is 10.8. The first-order valence-corrected chi connectivity index (χ1v) is 5.52. The number of hydrogen-bond acceptors (Lipinski definition) is 2. The van der Waals surface area contributed by atoms with Gasteiger partial charge >= 0.3 is 0 Å². The normalized spacial score (nSPS) is 10.9. The monoisotopic (exact) mass is 223 g/mol. The van der Waals surface area contributed by atoms with E-state index in [1.165, 1.54) is 0 Å². The molecule has 2 aromatic heterocycles. The van der Waals surface area contributed by atoms with Gasteiger partial charge in [0.15, 0.2) is 0 Å². The summed E-state index contributed by atoms with van der Waals surface area (Å²) >= 11 is 0. The first-order valence-electron chi connectivity index (χ1n) is 5.52. The maximum Gasteiger partial charge on any atom is 0.0909 e. The molecule has 0 radical (unpaired) electrons. The van der Waals surface area contributed by atoms with Gasteiger partial charge in [-0.15, -0.1) is 0 Å².